The van der Waals surface area contributed by atoms with Crippen molar-refractivity contribution in [1.29, 1.82) is 0 Å². The van der Waals surface area contributed by atoms with Gasteiger partial charge in [-0.05, 0) is 63.9 Å². The lowest BCUT2D eigenvalue weighted by Gasteiger charge is -2.29. The summed E-state index contributed by atoms with van der Waals surface area (Å²) in [6.07, 6.45) is 0.864. The molecule has 2 aromatic rings. The standard InChI is InChI=1S/C24H31ClN2O3/c1-17(2)26-24(29)19(4)27(16-20-9-7-18(3)8-10-20)23(28)6-5-15-30-22-13-11-21(25)12-14-22/h7-14,17,19H,5-6,15-16H2,1-4H3,(H,26,29)/t19-/m0/s1. The number of hydrogen-bond acceptors (Lipinski definition) is 3. The molecule has 0 aliphatic carbocycles. The molecule has 162 valence electrons. The molecule has 0 aromatic heterocycles. The van der Waals surface area contributed by atoms with E-state index >= 15 is 0 Å². The first-order valence-electron chi connectivity index (χ1n) is 10.3. The molecule has 2 aromatic carbocycles. The molecule has 1 N–H and O–H groups in total. The summed E-state index contributed by atoms with van der Waals surface area (Å²) < 4.78 is 5.67. The van der Waals surface area contributed by atoms with Crippen molar-refractivity contribution in [2.45, 2.75) is 59.2 Å². The zero-order chi connectivity index (χ0) is 22.1. The van der Waals surface area contributed by atoms with Crippen LogP contribution in [0, 0.1) is 6.92 Å². The highest BCUT2D eigenvalue weighted by Crippen LogP contribution is 2.17. The van der Waals surface area contributed by atoms with E-state index < -0.39 is 6.04 Å². The fraction of sp³-hybridized carbons (Fsp3) is 0.417. The summed E-state index contributed by atoms with van der Waals surface area (Å²) in [5, 5.41) is 3.55. The number of aryl methyl sites for hydroxylation is 1. The van der Waals surface area contributed by atoms with Crippen LogP contribution in [0.15, 0.2) is 48.5 Å². The van der Waals surface area contributed by atoms with E-state index in [1.165, 1.54) is 0 Å². The van der Waals surface area contributed by atoms with Crippen molar-refractivity contribution in [2.75, 3.05) is 6.61 Å². The van der Waals surface area contributed by atoms with Gasteiger partial charge in [0, 0.05) is 24.0 Å². The second kappa shape index (κ2) is 11.6. The Bertz CT molecular complexity index is 819. The number of carbonyl (C=O) groups is 2. The van der Waals surface area contributed by atoms with Gasteiger partial charge in [-0.15, -0.1) is 0 Å². The zero-order valence-electron chi connectivity index (χ0n) is 18.2. The number of nitrogens with one attached hydrogen (secondary N) is 1. The van der Waals surface area contributed by atoms with E-state index in [4.69, 9.17) is 16.3 Å². The second-order valence-corrected chi connectivity index (χ2v) is 8.19. The van der Waals surface area contributed by atoms with Crippen molar-refractivity contribution < 1.29 is 14.3 Å². The smallest absolute Gasteiger partial charge is 0.242 e. The summed E-state index contributed by atoms with van der Waals surface area (Å²) in [7, 11) is 0. The summed E-state index contributed by atoms with van der Waals surface area (Å²) in [6, 6.07) is 14.6. The van der Waals surface area contributed by atoms with E-state index in [9.17, 15) is 9.59 Å². The minimum absolute atomic E-state index is 0.0176. The lowest BCUT2D eigenvalue weighted by Crippen LogP contribution is -2.49. The van der Waals surface area contributed by atoms with Crippen molar-refractivity contribution in [1.82, 2.24) is 10.2 Å². The van der Waals surface area contributed by atoms with E-state index in [1.807, 2.05) is 45.0 Å². The lowest BCUT2D eigenvalue weighted by molar-refractivity contribution is -0.141. The SMILES string of the molecule is Cc1ccc(CN(C(=O)CCCOc2ccc(Cl)cc2)[C@@H](C)C(=O)NC(C)C)cc1. The maximum Gasteiger partial charge on any atom is 0.242 e. The van der Waals surface area contributed by atoms with E-state index in [2.05, 4.69) is 5.32 Å². The number of hydrogen-bond donors (Lipinski definition) is 1. The molecule has 0 saturated carbocycles. The average Bonchev–Trinajstić information content (AvgIpc) is 2.71. The average molecular weight is 431 g/mol. The Kier molecular flexibility index (Phi) is 9.18. The maximum atomic E-state index is 13.0. The van der Waals surface area contributed by atoms with Gasteiger partial charge in [-0.25, -0.2) is 0 Å². The van der Waals surface area contributed by atoms with Gasteiger partial charge in [0.05, 0.1) is 6.61 Å². The Labute approximate surface area is 184 Å². The van der Waals surface area contributed by atoms with Crippen LogP contribution in [0.2, 0.25) is 5.02 Å². The van der Waals surface area contributed by atoms with Gasteiger partial charge in [0.1, 0.15) is 11.8 Å². The normalized spacial score (nSPS) is 11.8. The molecule has 0 aliphatic rings. The molecule has 2 rings (SSSR count). The van der Waals surface area contributed by atoms with Gasteiger partial charge in [0.2, 0.25) is 11.8 Å². The zero-order valence-corrected chi connectivity index (χ0v) is 18.9. The maximum absolute atomic E-state index is 13.0. The Morgan fingerprint density at radius 3 is 2.27 bits per heavy atom. The highest BCUT2D eigenvalue weighted by Gasteiger charge is 2.26. The summed E-state index contributed by atoms with van der Waals surface area (Å²) in [4.78, 5) is 27.2. The molecule has 2 amide bonds. The molecule has 0 aliphatic heterocycles. The Hall–Kier alpha value is -2.53. The van der Waals surface area contributed by atoms with E-state index in [0.717, 1.165) is 11.1 Å². The molecule has 0 bridgehead atoms. The molecule has 30 heavy (non-hydrogen) atoms. The molecular weight excluding hydrogens is 400 g/mol. The van der Waals surface area contributed by atoms with Crippen LogP contribution >= 0.6 is 11.6 Å². The van der Waals surface area contributed by atoms with E-state index in [1.54, 1.807) is 36.1 Å². The summed E-state index contributed by atoms with van der Waals surface area (Å²) >= 11 is 5.87. The molecule has 0 saturated heterocycles. The second-order valence-electron chi connectivity index (χ2n) is 7.75. The topological polar surface area (TPSA) is 58.6 Å². The van der Waals surface area contributed by atoms with Gasteiger partial charge in [-0.2, -0.15) is 0 Å². The Morgan fingerprint density at radius 1 is 1.03 bits per heavy atom. The van der Waals surface area contributed by atoms with Crippen molar-refractivity contribution in [3.63, 3.8) is 0 Å². The van der Waals surface area contributed by atoms with Gasteiger partial charge in [-0.3, -0.25) is 9.59 Å². The Morgan fingerprint density at radius 2 is 1.67 bits per heavy atom. The van der Waals surface area contributed by atoms with E-state index in [-0.39, 0.29) is 17.9 Å². The molecule has 0 fully saturated rings. The molecule has 6 heteroatoms. The van der Waals surface area contributed by atoms with Gasteiger partial charge in [0.15, 0.2) is 0 Å². The van der Waals surface area contributed by atoms with Gasteiger partial charge in [0.25, 0.3) is 0 Å². The van der Waals surface area contributed by atoms with Crippen LogP contribution in [-0.2, 0) is 16.1 Å². The number of amides is 2. The molecule has 0 heterocycles. The third-order valence-corrected chi connectivity index (χ3v) is 4.94. The van der Waals surface area contributed by atoms with Crippen LogP contribution in [0.3, 0.4) is 0 Å². The molecular formula is C24H31ClN2O3. The van der Waals surface area contributed by atoms with Crippen LogP contribution in [0.4, 0.5) is 0 Å². The first-order chi connectivity index (χ1) is 14.3. The fourth-order valence-corrected chi connectivity index (χ4v) is 3.09. The highest BCUT2D eigenvalue weighted by atomic mass is 35.5. The molecule has 0 radical (unpaired) electrons. The highest BCUT2D eigenvalue weighted by molar-refractivity contribution is 6.30. The number of carbonyl (C=O) groups excluding carboxylic acids is 2. The lowest BCUT2D eigenvalue weighted by atomic mass is 10.1. The van der Waals surface area contributed by atoms with Gasteiger partial charge in [-0.1, -0.05) is 41.4 Å². The molecule has 5 nitrogen and oxygen atoms in total. The minimum atomic E-state index is -0.557. The van der Waals surface area contributed by atoms with Crippen LogP contribution in [0.1, 0.15) is 44.7 Å². The monoisotopic (exact) mass is 430 g/mol. The third-order valence-electron chi connectivity index (χ3n) is 4.69. The number of benzene rings is 2. The molecule has 1 atom stereocenters. The summed E-state index contributed by atoms with van der Waals surface area (Å²) in [6.45, 7) is 8.41. The van der Waals surface area contributed by atoms with Crippen molar-refractivity contribution in [3.05, 3.63) is 64.7 Å². The van der Waals surface area contributed by atoms with Crippen LogP contribution < -0.4 is 10.1 Å². The number of halogens is 1. The van der Waals surface area contributed by atoms with Crippen LogP contribution in [0.5, 0.6) is 5.75 Å². The first-order valence-corrected chi connectivity index (χ1v) is 10.7. The number of nitrogens with zero attached hydrogens (tertiary/aromatic N) is 1. The summed E-state index contributed by atoms with van der Waals surface area (Å²) in [5.41, 5.74) is 2.15. The van der Waals surface area contributed by atoms with Gasteiger partial charge >= 0.3 is 0 Å². The quantitative estimate of drug-likeness (QED) is 0.553. The molecule has 0 unspecified atom stereocenters. The number of ether oxygens (including phenoxy) is 1. The van der Waals surface area contributed by atoms with Crippen molar-refractivity contribution in [2.24, 2.45) is 0 Å². The van der Waals surface area contributed by atoms with Crippen LogP contribution in [0.25, 0.3) is 0 Å². The third kappa shape index (κ3) is 7.71. The largest absolute Gasteiger partial charge is 0.494 e. The predicted octanol–water partition coefficient (Wildman–Crippen LogP) is 4.75. The first kappa shape index (κ1) is 23.7. The van der Waals surface area contributed by atoms with Crippen molar-refractivity contribution in [3.8, 4) is 5.75 Å². The minimum Gasteiger partial charge on any atom is -0.494 e. The van der Waals surface area contributed by atoms with E-state index in [0.29, 0.717) is 36.8 Å². The molecule has 0 spiro atoms. The van der Waals surface area contributed by atoms with Crippen LogP contribution in [-0.4, -0.2) is 35.4 Å². The van der Waals surface area contributed by atoms with Gasteiger partial charge < -0.3 is 15.0 Å². The van der Waals surface area contributed by atoms with Crippen molar-refractivity contribution >= 4 is 23.4 Å². The summed E-state index contributed by atoms with van der Waals surface area (Å²) in [5.74, 6) is 0.498. The number of rotatable bonds is 10. The predicted molar refractivity (Wildman–Crippen MR) is 121 cm³/mol. The Balaban J connectivity index is 1.98. The fourth-order valence-electron chi connectivity index (χ4n) is 2.97.